The third kappa shape index (κ3) is 6.25. The summed E-state index contributed by atoms with van der Waals surface area (Å²) in [5.41, 5.74) is 1.21. The lowest BCUT2D eigenvalue weighted by Crippen LogP contribution is -2.51. The Hall–Kier alpha value is -1.96. The highest BCUT2D eigenvalue weighted by Gasteiger charge is 2.48. The van der Waals surface area contributed by atoms with Crippen LogP contribution in [0.4, 0.5) is 0 Å². The Labute approximate surface area is 209 Å². The molecule has 2 saturated heterocycles. The molecule has 190 valence electrons. The third-order valence-corrected chi connectivity index (χ3v) is 7.61. The van der Waals surface area contributed by atoms with Gasteiger partial charge in [-0.05, 0) is 54.2 Å². The summed E-state index contributed by atoms with van der Waals surface area (Å²) in [6.07, 6.45) is 9.03. The van der Waals surface area contributed by atoms with Crippen LogP contribution >= 0.6 is 0 Å². The largest absolute Gasteiger partial charge is 0.505 e. The minimum Gasteiger partial charge on any atom is -0.505 e. The molecule has 35 heavy (non-hydrogen) atoms. The molecule has 0 amide bonds. The molecule has 5 unspecified atom stereocenters. The molecule has 1 saturated carbocycles. The van der Waals surface area contributed by atoms with E-state index in [1.807, 2.05) is 0 Å². The fraction of sp³-hybridized carbons (Fsp3) is 0.586. The van der Waals surface area contributed by atoms with Gasteiger partial charge >= 0.3 is 0 Å². The molecule has 3 fully saturated rings. The third-order valence-electron chi connectivity index (χ3n) is 7.61. The maximum absolute atomic E-state index is 6.67. The fourth-order valence-electron chi connectivity index (χ4n) is 5.89. The second-order valence-corrected chi connectivity index (χ2v) is 9.88. The average molecular weight is 482 g/mol. The van der Waals surface area contributed by atoms with Crippen LogP contribution in [0.1, 0.15) is 37.7 Å². The number of benzene rings is 2. The Morgan fingerprint density at radius 1 is 1.00 bits per heavy atom. The van der Waals surface area contributed by atoms with E-state index in [2.05, 4.69) is 53.4 Å². The van der Waals surface area contributed by atoms with Gasteiger partial charge in [-0.1, -0.05) is 36.4 Å². The van der Waals surface area contributed by atoms with Gasteiger partial charge in [0, 0.05) is 38.1 Å². The molecule has 6 nitrogen and oxygen atoms in total. The first-order chi connectivity index (χ1) is 17.3. The van der Waals surface area contributed by atoms with Crippen LogP contribution in [-0.4, -0.2) is 69.5 Å². The Balaban J connectivity index is 1.34. The standard InChI is InChI=1S/C29H39NO5/c1-31-15-6-9-25-26(34-21-22-11-12-23-7-2-3-8-24(23)19-22)20-27(35-28-10-4-5-16-33-28)29(25)30-13-17-32-18-14-30/h2-3,6-8,11-12,15,19,25-29H,4-5,9-10,13-14,16-18,20-21H2,1H3. The molecule has 5 rings (SSSR count). The molecule has 5 atom stereocenters. The topological polar surface area (TPSA) is 49.4 Å². The highest BCUT2D eigenvalue weighted by molar-refractivity contribution is 5.82. The van der Waals surface area contributed by atoms with E-state index >= 15 is 0 Å². The average Bonchev–Trinajstić information content (AvgIpc) is 3.25. The van der Waals surface area contributed by atoms with Crippen LogP contribution in [0.25, 0.3) is 10.8 Å². The van der Waals surface area contributed by atoms with Crippen LogP contribution in [0, 0.1) is 5.92 Å². The van der Waals surface area contributed by atoms with Gasteiger partial charge in [0.1, 0.15) is 0 Å². The molecular formula is C29H39NO5. The van der Waals surface area contributed by atoms with Gasteiger partial charge in [0.05, 0.1) is 45.4 Å². The Morgan fingerprint density at radius 2 is 1.86 bits per heavy atom. The van der Waals surface area contributed by atoms with Gasteiger partial charge in [0.2, 0.25) is 0 Å². The molecule has 2 heterocycles. The molecule has 0 N–H and O–H groups in total. The number of nitrogens with zero attached hydrogens (tertiary/aromatic N) is 1. The predicted octanol–water partition coefficient (Wildman–Crippen LogP) is 4.91. The quantitative estimate of drug-likeness (QED) is 0.475. The number of hydrogen-bond acceptors (Lipinski definition) is 6. The van der Waals surface area contributed by atoms with Crippen molar-refractivity contribution in [1.29, 1.82) is 0 Å². The number of methoxy groups -OCH3 is 1. The van der Waals surface area contributed by atoms with Gasteiger partial charge in [-0.15, -0.1) is 0 Å². The lowest BCUT2D eigenvalue weighted by molar-refractivity contribution is -0.200. The van der Waals surface area contributed by atoms with Crippen molar-refractivity contribution in [2.45, 2.75) is 63.3 Å². The van der Waals surface area contributed by atoms with Gasteiger partial charge < -0.3 is 23.7 Å². The van der Waals surface area contributed by atoms with Gasteiger partial charge in [0.15, 0.2) is 6.29 Å². The highest BCUT2D eigenvalue weighted by Crippen LogP contribution is 2.39. The highest BCUT2D eigenvalue weighted by atomic mass is 16.7. The van der Waals surface area contributed by atoms with Crippen molar-refractivity contribution in [3.05, 3.63) is 60.4 Å². The maximum Gasteiger partial charge on any atom is 0.158 e. The molecular weight excluding hydrogens is 442 g/mol. The van der Waals surface area contributed by atoms with E-state index in [9.17, 15) is 0 Å². The van der Waals surface area contributed by atoms with E-state index in [1.165, 1.54) is 22.8 Å². The van der Waals surface area contributed by atoms with Crippen molar-refractivity contribution < 1.29 is 23.7 Å². The molecule has 0 radical (unpaired) electrons. The van der Waals surface area contributed by atoms with Crippen LogP contribution in [-0.2, 0) is 30.3 Å². The number of hydrogen-bond donors (Lipinski definition) is 0. The van der Waals surface area contributed by atoms with E-state index < -0.39 is 0 Å². The molecule has 1 aliphatic carbocycles. The number of allylic oxidation sites excluding steroid dienone is 1. The summed E-state index contributed by atoms with van der Waals surface area (Å²) in [6, 6.07) is 15.4. The molecule has 6 heteroatoms. The predicted molar refractivity (Wildman–Crippen MR) is 136 cm³/mol. The lowest BCUT2D eigenvalue weighted by atomic mass is 9.95. The monoisotopic (exact) mass is 481 g/mol. The molecule has 2 aliphatic heterocycles. The van der Waals surface area contributed by atoms with Crippen molar-refractivity contribution in [3.8, 4) is 0 Å². The van der Waals surface area contributed by atoms with Gasteiger partial charge in [-0.2, -0.15) is 0 Å². The second kappa shape index (κ2) is 12.3. The lowest BCUT2D eigenvalue weighted by Gasteiger charge is -2.39. The molecule has 0 bridgehead atoms. The van der Waals surface area contributed by atoms with E-state index in [1.54, 1.807) is 13.4 Å². The number of rotatable bonds is 9. The smallest absolute Gasteiger partial charge is 0.158 e. The van der Waals surface area contributed by atoms with E-state index in [0.717, 1.165) is 58.6 Å². The Bertz CT molecular complexity index is 953. The molecule has 2 aromatic rings. The van der Waals surface area contributed by atoms with Gasteiger partial charge in [0.25, 0.3) is 0 Å². The van der Waals surface area contributed by atoms with Crippen LogP contribution in [0.5, 0.6) is 0 Å². The van der Waals surface area contributed by atoms with Crippen molar-refractivity contribution in [2.24, 2.45) is 5.92 Å². The van der Waals surface area contributed by atoms with Crippen molar-refractivity contribution in [1.82, 2.24) is 4.90 Å². The molecule has 2 aromatic carbocycles. The van der Waals surface area contributed by atoms with Crippen molar-refractivity contribution in [3.63, 3.8) is 0 Å². The van der Waals surface area contributed by atoms with Crippen LogP contribution in [0.2, 0.25) is 0 Å². The fourth-order valence-corrected chi connectivity index (χ4v) is 5.89. The zero-order chi connectivity index (χ0) is 23.9. The summed E-state index contributed by atoms with van der Waals surface area (Å²) in [5, 5.41) is 2.51. The minimum atomic E-state index is -0.105. The van der Waals surface area contributed by atoms with Crippen LogP contribution in [0.3, 0.4) is 0 Å². The summed E-state index contributed by atoms with van der Waals surface area (Å²) in [6.45, 7) is 4.79. The maximum atomic E-state index is 6.67. The molecule has 0 spiro atoms. The SMILES string of the molecule is COC=CCC1C(OCc2ccc3ccccc3c2)CC(OC2CCCCO2)C1N1CCOCC1. The van der Waals surface area contributed by atoms with E-state index in [0.29, 0.717) is 12.5 Å². The first-order valence-electron chi connectivity index (χ1n) is 13.2. The minimum absolute atomic E-state index is 0.0822. The Kier molecular flexibility index (Phi) is 8.71. The van der Waals surface area contributed by atoms with Crippen molar-refractivity contribution in [2.75, 3.05) is 40.0 Å². The summed E-state index contributed by atoms with van der Waals surface area (Å²) in [7, 11) is 1.70. The second-order valence-electron chi connectivity index (χ2n) is 9.88. The molecule has 3 aliphatic rings. The summed E-state index contributed by atoms with van der Waals surface area (Å²) in [4.78, 5) is 2.56. The van der Waals surface area contributed by atoms with E-state index in [4.69, 9.17) is 23.7 Å². The first kappa shape index (κ1) is 24.7. The Morgan fingerprint density at radius 3 is 2.66 bits per heavy atom. The normalized spacial score (nSPS) is 30.3. The van der Waals surface area contributed by atoms with Crippen molar-refractivity contribution >= 4 is 10.8 Å². The van der Waals surface area contributed by atoms with E-state index in [-0.39, 0.29) is 24.5 Å². The summed E-state index contributed by atoms with van der Waals surface area (Å²) < 4.78 is 30.2. The first-order valence-corrected chi connectivity index (χ1v) is 13.2. The number of fused-ring (bicyclic) bond motifs is 1. The van der Waals surface area contributed by atoms with Crippen LogP contribution < -0.4 is 0 Å². The molecule has 0 aromatic heterocycles. The zero-order valence-electron chi connectivity index (χ0n) is 20.8. The zero-order valence-corrected chi connectivity index (χ0v) is 20.8. The summed E-state index contributed by atoms with van der Waals surface area (Å²) in [5.74, 6) is 0.313. The van der Waals surface area contributed by atoms with Crippen LogP contribution in [0.15, 0.2) is 54.8 Å². The van der Waals surface area contributed by atoms with Gasteiger partial charge in [-0.25, -0.2) is 0 Å². The summed E-state index contributed by atoms with van der Waals surface area (Å²) >= 11 is 0. The number of ether oxygens (including phenoxy) is 5. The number of morpholine rings is 1. The van der Waals surface area contributed by atoms with Gasteiger partial charge in [-0.3, -0.25) is 4.90 Å².